The molecule has 1 rings (SSSR count). The van der Waals surface area contributed by atoms with Crippen molar-refractivity contribution in [1.29, 1.82) is 5.26 Å². The molecule has 12 heavy (non-hydrogen) atoms. The summed E-state index contributed by atoms with van der Waals surface area (Å²) in [4.78, 5) is 0. The van der Waals surface area contributed by atoms with Gasteiger partial charge in [0.05, 0.1) is 22.5 Å². The maximum atomic E-state index is 12.9. The molecule has 0 aliphatic carbocycles. The molecule has 62 valence electrons. The number of hydrogen-bond donors (Lipinski definition) is 0. The summed E-state index contributed by atoms with van der Waals surface area (Å²) in [5, 5.41) is 8.74. The van der Waals surface area contributed by atoms with Crippen molar-refractivity contribution < 1.29 is 4.39 Å². The third-order valence-electron chi connectivity index (χ3n) is 1.36. The lowest BCUT2D eigenvalue weighted by Gasteiger charge is -2.00. The topological polar surface area (TPSA) is 23.8 Å². The van der Waals surface area contributed by atoms with Crippen LogP contribution in [-0.4, -0.2) is 0 Å². The number of nitrogens with zero attached hydrogens (tertiary/aromatic N) is 1. The zero-order chi connectivity index (χ0) is 9.14. The Balaban J connectivity index is 3.16. The molecule has 0 unspecified atom stereocenters. The first kappa shape index (κ1) is 9.31. The molecule has 0 N–H and O–H groups in total. The monoisotopic (exact) mass is 203 g/mol. The fraction of sp³-hybridized carbons (Fsp3) is 0.125. The molecule has 0 spiro atoms. The SMILES string of the molecule is N#CCc1cc(Cl)c(Cl)cc1F. The lowest BCUT2D eigenvalue weighted by atomic mass is 10.1. The summed E-state index contributed by atoms with van der Waals surface area (Å²) < 4.78 is 12.9. The first-order valence-electron chi connectivity index (χ1n) is 3.15. The zero-order valence-electron chi connectivity index (χ0n) is 5.94. The molecule has 1 aromatic rings. The number of benzene rings is 1. The maximum absolute atomic E-state index is 12.9. The normalized spacial score (nSPS) is 9.50. The molecule has 0 heterocycles. The van der Waals surface area contributed by atoms with E-state index in [1.54, 1.807) is 0 Å². The van der Waals surface area contributed by atoms with Crippen molar-refractivity contribution in [2.45, 2.75) is 6.42 Å². The van der Waals surface area contributed by atoms with Gasteiger partial charge in [0.15, 0.2) is 0 Å². The van der Waals surface area contributed by atoms with Gasteiger partial charge >= 0.3 is 0 Å². The van der Waals surface area contributed by atoms with Crippen LogP contribution in [0.5, 0.6) is 0 Å². The highest BCUT2D eigenvalue weighted by atomic mass is 35.5. The van der Waals surface area contributed by atoms with Crippen LogP contribution in [0.3, 0.4) is 0 Å². The molecule has 0 aliphatic heterocycles. The van der Waals surface area contributed by atoms with Crippen LogP contribution in [0.1, 0.15) is 5.56 Å². The quantitative estimate of drug-likeness (QED) is 0.644. The fourth-order valence-electron chi connectivity index (χ4n) is 0.784. The summed E-state index contributed by atoms with van der Waals surface area (Å²) in [5.74, 6) is -0.494. The summed E-state index contributed by atoms with van der Waals surface area (Å²) in [7, 11) is 0. The first-order chi connectivity index (χ1) is 5.65. The van der Waals surface area contributed by atoms with E-state index in [1.807, 2.05) is 6.07 Å². The van der Waals surface area contributed by atoms with E-state index in [0.717, 1.165) is 6.07 Å². The molecule has 0 saturated heterocycles. The van der Waals surface area contributed by atoms with Crippen LogP contribution in [0, 0.1) is 17.1 Å². The van der Waals surface area contributed by atoms with Gasteiger partial charge in [-0.2, -0.15) is 5.26 Å². The highest BCUT2D eigenvalue weighted by Crippen LogP contribution is 2.25. The fourth-order valence-corrected chi connectivity index (χ4v) is 1.12. The van der Waals surface area contributed by atoms with Gasteiger partial charge < -0.3 is 0 Å². The smallest absolute Gasteiger partial charge is 0.129 e. The largest absolute Gasteiger partial charge is 0.207 e. The second-order valence-electron chi connectivity index (χ2n) is 2.19. The summed E-state index contributed by atoms with van der Waals surface area (Å²) >= 11 is 11.1. The molecule has 4 heteroatoms. The second-order valence-corrected chi connectivity index (χ2v) is 3.01. The van der Waals surface area contributed by atoms with E-state index in [1.165, 1.54) is 6.07 Å². The van der Waals surface area contributed by atoms with Gasteiger partial charge in [0.2, 0.25) is 0 Å². The molecular formula is C8H4Cl2FN. The maximum Gasteiger partial charge on any atom is 0.129 e. The molecule has 0 atom stereocenters. The van der Waals surface area contributed by atoms with E-state index >= 15 is 0 Å². The van der Waals surface area contributed by atoms with Gasteiger partial charge in [-0.05, 0) is 12.1 Å². The Bertz CT molecular complexity index is 344. The van der Waals surface area contributed by atoms with Crippen LogP contribution in [0.2, 0.25) is 10.0 Å². The van der Waals surface area contributed by atoms with Crippen molar-refractivity contribution in [3.8, 4) is 6.07 Å². The summed E-state index contributed by atoms with van der Waals surface area (Å²) in [6.07, 6.45) is 0.00270. The third kappa shape index (κ3) is 1.88. The standard InChI is InChI=1S/C8H4Cl2FN/c9-6-3-5(1-2-12)8(11)4-7(6)10/h3-4H,1H2. The summed E-state index contributed by atoms with van der Waals surface area (Å²) in [6, 6.07) is 4.30. The van der Waals surface area contributed by atoms with E-state index in [4.69, 9.17) is 28.5 Å². The summed E-state index contributed by atoms with van der Waals surface area (Å²) in [6.45, 7) is 0. The number of hydrogen-bond acceptors (Lipinski definition) is 1. The predicted molar refractivity (Wildman–Crippen MR) is 45.7 cm³/mol. The second kappa shape index (κ2) is 3.75. The molecule has 0 bridgehead atoms. The van der Waals surface area contributed by atoms with Gasteiger partial charge in [-0.3, -0.25) is 0 Å². The van der Waals surface area contributed by atoms with Crippen LogP contribution in [0.25, 0.3) is 0 Å². The van der Waals surface area contributed by atoms with Gasteiger partial charge in [0, 0.05) is 5.56 Å². The third-order valence-corrected chi connectivity index (χ3v) is 2.08. The van der Waals surface area contributed by atoms with Crippen molar-refractivity contribution in [3.05, 3.63) is 33.6 Å². The highest BCUT2D eigenvalue weighted by Gasteiger charge is 2.06. The average molecular weight is 204 g/mol. The van der Waals surface area contributed by atoms with E-state index < -0.39 is 5.82 Å². The molecule has 1 aromatic carbocycles. The minimum absolute atomic E-state index is 0.00270. The van der Waals surface area contributed by atoms with Gasteiger partial charge in [-0.15, -0.1) is 0 Å². The Hall–Kier alpha value is -0.780. The van der Waals surface area contributed by atoms with Crippen LogP contribution in [0.15, 0.2) is 12.1 Å². The summed E-state index contributed by atoms with van der Waals surface area (Å²) in [5.41, 5.74) is 0.270. The van der Waals surface area contributed by atoms with Crippen molar-refractivity contribution >= 4 is 23.2 Å². The molecule has 0 amide bonds. The van der Waals surface area contributed by atoms with Crippen LogP contribution >= 0.6 is 23.2 Å². The number of nitriles is 1. The van der Waals surface area contributed by atoms with Crippen molar-refractivity contribution in [3.63, 3.8) is 0 Å². The number of rotatable bonds is 1. The molecule has 1 nitrogen and oxygen atoms in total. The Morgan fingerprint density at radius 2 is 1.92 bits per heavy atom. The van der Waals surface area contributed by atoms with Gasteiger partial charge in [0.1, 0.15) is 5.82 Å². The van der Waals surface area contributed by atoms with Gasteiger partial charge in [0.25, 0.3) is 0 Å². The molecule has 0 saturated carbocycles. The Morgan fingerprint density at radius 3 is 2.50 bits per heavy atom. The van der Waals surface area contributed by atoms with E-state index in [2.05, 4.69) is 0 Å². The average Bonchev–Trinajstić information content (AvgIpc) is 2.01. The van der Waals surface area contributed by atoms with Crippen LogP contribution in [0.4, 0.5) is 4.39 Å². The first-order valence-corrected chi connectivity index (χ1v) is 3.91. The molecule has 0 aliphatic rings. The van der Waals surface area contributed by atoms with Crippen molar-refractivity contribution in [1.82, 2.24) is 0 Å². The molecule has 0 aromatic heterocycles. The predicted octanol–water partition coefficient (Wildman–Crippen LogP) is 3.20. The van der Waals surface area contributed by atoms with Crippen LogP contribution in [-0.2, 0) is 6.42 Å². The molecule has 0 radical (unpaired) electrons. The minimum Gasteiger partial charge on any atom is -0.207 e. The Kier molecular flexibility index (Phi) is 2.91. The van der Waals surface area contributed by atoms with Crippen LogP contribution < -0.4 is 0 Å². The zero-order valence-corrected chi connectivity index (χ0v) is 7.45. The van der Waals surface area contributed by atoms with Crippen molar-refractivity contribution in [2.24, 2.45) is 0 Å². The van der Waals surface area contributed by atoms with Crippen molar-refractivity contribution in [2.75, 3.05) is 0 Å². The van der Waals surface area contributed by atoms with E-state index in [0.29, 0.717) is 0 Å². The minimum atomic E-state index is -0.494. The Morgan fingerprint density at radius 1 is 1.33 bits per heavy atom. The highest BCUT2D eigenvalue weighted by molar-refractivity contribution is 6.42. The molecule has 0 fully saturated rings. The lowest BCUT2D eigenvalue weighted by molar-refractivity contribution is 0.615. The van der Waals surface area contributed by atoms with Gasteiger partial charge in [-0.25, -0.2) is 4.39 Å². The van der Waals surface area contributed by atoms with E-state index in [-0.39, 0.29) is 22.0 Å². The van der Waals surface area contributed by atoms with Gasteiger partial charge in [-0.1, -0.05) is 23.2 Å². The number of halogens is 3. The Labute approximate surface area is 79.3 Å². The van der Waals surface area contributed by atoms with E-state index in [9.17, 15) is 4.39 Å². The molecular weight excluding hydrogens is 200 g/mol. The lowest BCUT2D eigenvalue weighted by Crippen LogP contribution is -1.88.